The molecule has 0 spiro atoms. The second-order valence-corrected chi connectivity index (χ2v) is 6.65. The van der Waals surface area contributed by atoms with Gasteiger partial charge < -0.3 is 19.4 Å². The fourth-order valence-electron chi connectivity index (χ4n) is 3.72. The molecule has 27 heavy (non-hydrogen) atoms. The van der Waals surface area contributed by atoms with Gasteiger partial charge in [0.05, 0.1) is 25.2 Å². The van der Waals surface area contributed by atoms with Crippen molar-refractivity contribution in [1.82, 2.24) is 15.0 Å². The van der Waals surface area contributed by atoms with E-state index in [0.29, 0.717) is 23.6 Å². The Morgan fingerprint density at radius 1 is 1.22 bits per heavy atom. The summed E-state index contributed by atoms with van der Waals surface area (Å²) in [7, 11) is 3.17. The molecule has 3 heterocycles. The average molecular weight is 366 g/mol. The molecule has 1 aromatic carbocycles. The van der Waals surface area contributed by atoms with Crippen molar-refractivity contribution in [2.75, 3.05) is 32.2 Å². The summed E-state index contributed by atoms with van der Waals surface area (Å²) in [6.45, 7) is 1.51. The number of aromatic nitrogens is 3. The van der Waals surface area contributed by atoms with Crippen LogP contribution in [-0.4, -0.2) is 48.0 Å². The number of carbonyl (C=O) groups excluding carboxylic acids is 1. The van der Waals surface area contributed by atoms with Crippen LogP contribution in [0.2, 0.25) is 0 Å². The predicted molar refractivity (Wildman–Crippen MR) is 103 cm³/mol. The monoisotopic (exact) mass is 366 g/mol. The smallest absolute Gasteiger partial charge is 0.171 e. The van der Waals surface area contributed by atoms with Crippen LogP contribution in [0.15, 0.2) is 36.8 Å². The minimum Gasteiger partial charge on any atom is -0.497 e. The second-order valence-electron chi connectivity index (χ2n) is 6.65. The average Bonchev–Trinajstić information content (AvgIpc) is 3.21. The topological polar surface area (TPSA) is 80.3 Å². The summed E-state index contributed by atoms with van der Waals surface area (Å²) in [4.78, 5) is 27.2. The molecule has 1 fully saturated rings. The maximum absolute atomic E-state index is 13.2. The van der Waals surface area contributed by atoms with Crippen molar-refractivity contribution in [3.63, 3.8) is 0 Å². The van der Waals surface area contributed by atoms with E-state index in [0.717, 1.165) is 36.2 Å². The normalized spacial score (nSPS) is 17.1. The van der Waals surface area contributed by atoms with E-state index in [1.165, 1.54) is 0 Å². The number of nitrogens with zero attached hydrogens (tertiary/aromatic N) is 3. The lowest BCUT2D eigenvalue weighted by atomic mass is 9.89. The highest BCUT2D eigenvalue weighted by molar-refractivity contribution is 6.01. The summed E-state index contributed by atoms with van der Waals surface area (Å²) in [5.74, 6) is 2.08. The Morgan fingerprint density at radius 2 is 2.11 bits per heavy atom. The van der Waals surface area contributed by atoms with Gasteiger partial charge in [-0.1, -0.05) is 0 Å². The fourth-order valence-corrected chi connectivity index (χ4v) is 3.72. The van der Waals surface area contributed by atoms with E-state index in [2.05, 4.69) is 19.9 Å². The summed E-state index contributed by atoms with van der Waals surface area (Å²) < 4.78 is 10.6. The highest BCUT2D eigenvalue weighted by Crippen LogP contribution is 2.32. The van der Waals surface area contributed by atoms with Gasteiger partial charge in [0.25, 0.3) is 0 Å². The van der Waals surface area contributed by atoms with Gasteiger partial charge in [0.1, 0.15) is 29.3 Å². The zero-order chi connectivity index (χ0) is 18.8. The molecular weight excluding hydrogens is 344 g/mol. The fraction of sp³-hybridized carbons (Fsp3) is 0.350. The summed E-state index contributed by atoms with van der Waals surface area (Å²) in [5.41, 5.74) is 1.41. The lowest BCUT2D eigenvalue weighted by molar-refractivity contribution is 0.0904. The van der Waals surface area contributed by atoms with Gasteiger partial charge >= 0.3 is 0 Å². The minimum absolute atomic E-state index is 0.0959. The molecule has 7 nitrogen and oxygen atoms in total. The van der Waals surface area contributed by atoms with Crippen molar-refractivity contribution in [3.05, 3.63) is 42.4 Å². The van der Waals surface area contributed by atoms with Crippen LogP contribution in [0, 0.1) is 5.92 Å². The Hall–Kier alpha value is -3.09. The summed E-state index contributed by atoms with van der Waals surface area (Å²) in [6.07, 6.45) is 5.21. The molecule has 0 amide bonds. The van der Waals surface area contributed by atoms with Crippen LogP contribution in [0.5, 0.6) is 11.5 Å². The maximum atomic E-state index is 13.2. The van der Waals surface area contributed by atoms with Crippen LogP contribution in [0.4, 0.5) is 5.82 Å². The quantitative estimate of drug-likeness (QED) is 0.699. The van der Waals surface area contributed by atoms with Crippen molar-refractivity contribution in [2.24, 2.45) is 5.92 Å². The van der Waals surface area contributed by atoms with E-state index in [4.69, 9.17) is 9.47 Å². The molecule has 0 radical (unpaired) electrons. The number of hydrogen-bond donors (Lipinski definition) is 1. The summed E-state index contributed by atoms with van der Waals surface area (Å²) >= 11 is 0. The number of hydrogen-bond acceptors (Lipinski definition) is 6. The number of rotatable bonds is 5. The molecule has 1 N–H and O–H groups in total. The molecule has 1 aliphatic rings. The van der Waals surface area contributed by atoms with E-state index in [1.807, 2.05) is 12.3 Å². The van der Waals surface area contributed by atoms with Crippen LogP contribution in [0.25, 0.3) is 11.0 Å². The Kier molecular flexibility index (Phi) is 4.66. The number of nitrogens with one attached hydrogen (secondary N) is 1. The Bertz CT molecular complexity index is 969. The van der Waals surface area contributed by atoms with Crippen LogP contribution < -0.4 is 14.4 Å². The van der Waals surface area contributed by atoms with Crippen LogP contribution in [-0.2, 0) is 0 Å². The number of piperidine rings is 1. The molecule has 3 aromatic rings. The minimum atomic E-state index is -0.106. The van der Waals surface area contributed by atoms with Gasteiger partial charge in [-0.25, -0.2) is 9.97 Å². The first-order valence-electron chi connectivity index (χ1n) is 9.00. The number of H-pyrrole nitrogens is 1. The molecule has 1 atom stereocenters. The van der Waals surface area contributed by atoms with Crippen molar-refractivity contribution in [1.29, 1.82) is 0 Å². The highest BCUT2D eigenvalue weighted by Gasteiger charge is 2.29. The number of ketones is 1. The summed E-state index contributed by atoms with van der Waals surface area (Å²) in [5, 5.41) is 0.979. The molecule has 0 unspecified atom stereocenters. The zero-order valence-corrected chi connectivity index (χ0v) is 15.4. The van der Waals surface area contributed by atoms with Crippen molar-refractivity contribution >= 4 is 22.6 Å². The third-order valence-electron chi connectivity index (χ3n) is 5.10. The first-order chi connectivity index (χ1) is 13.2. The van der Waals surface area contributed by atoms with Crippen LogP contribution in [0.3, 0.4) is 0 Å². The van der Waals surface area contributed by atoms with Gasteiger partial charge in [-0.3, -0.25) is 4.79 Å². The largest absolute Gasteiger partial charge is 0.497 e. The van der Waals surface area contributed by atoms with Gasteiger partial charge in [0, 0.05) is 31.3 Å². The number of anilines is 1. The Labute approximate surface area is 157 Å². The number of aromatic amines is 1. The Balaban J connectivity index is 1.60. The lowest BCUT2D eigenvalue weighted by Crippen LogP contribution is -2.39. The summed E-state index contributed by atoms with van der Waals surface area (Å²) in [6, 6.07) is 7.31. The molecule has 0 aliphatic carbocycles. The number of carbonyl (C=O) groups is 1. The molecule has 0 saturated carbocycles. The predicted octanol–water partition coefficient (Wildman–Crippen LogP) is 3.07. The molecule has 2 aromatic heterocycles. The van der Waals surface area contributed by atoms with E-state index in [-0.39, 0.29) is 11.7 Å². The maximum Gasteiger partial charge on any atom is 0.171 e. The van der Waals surface area contributed by atoms with Crippen molar-refractivity contribution < 1.29 is 14.3 Å². The van der Waals surface area contributed by atoms with Gasteiger partial charge in [-0.15, -0.1) is 0 Å². The van der Waals surface area contributed by atoms with E-state index >= 15 is 0 Å². The van der Waals surface area contributed by atoms with E-state index in [1.54, 1.807) is 38.7 Å². The number of ether oxygens (including phenoxy) is 2. The molecular formula is C20H22N4O3. The lowest BCUT2D eigenvalue weighted by Gasteiger charge is -2.33. The molecule has 1 aliphatic heterocycles. The number of methoxy groups -OCH3 is 2. The third kappa shape index (κ3) is 3.20. The first kappa shape index (κ1) is 17.3. The molecule has 0 bridgehead atoms. The third-order valence-corrected chi connectivity index (χ3v) is 5.10. The molecule has 7 heteroatoms. The molecule has 140 valence electrons. The standard InChI is InChI=1S/C20H22N4O3/c1-26-14-5-6-15(17(10-14)27-2)18(25)13-4-3-9-24(11-13)20-16-7-8-21-19(16)22-12-23-20/h5-8,10,12-13H,3-4,9,11H2,1-2H3,(H,21,22,23)/t13-/m0/s1. The van der Waals surface area contributed by atoms with Crippen LogP contribution in [0.1, 0.15) is 23.2 Å². The van der Waals surface area contributed by atoms with Gasteiger partial charge in [-0.2, -0.15) is 0 Å². The first-order valence-corrected chi connectivity index (χ1v) is 9.00. The molecule has 4 rings (SSSR count). The second kappa shape index (κ2) is 7.26. The van der Waals surface area contributed by atoms with Crippen molar-refractivity contribution in [2.45, 2.75) is 12.8 Å². The van der Waals surface area contributed by atoms with Crippen LogP contribution >= 0.6 is 0 Å². The highest BCUT2D eigenvalue weighted by atomic mass is 16.5. The van der Waals surface area contributed by atoms with Crippen molar-refractivity contribution in [3.8, 4) is 11.5 Å². The SMILES string of the molecule is COc1ccc(C(=O)[C@H]2CCCN(c3ncnc4[nH]ccc34)C2)c(OC)c1. The number of fused-ring (bicyclic) bond motifs is 1. The van der Waals surface area contributed by atoms with Gasteiger partial charge in [-0.05, 0) is 31.0 Å². The van der Waals surface area contributed by atoms with Gasteiger partial charge in [0.15, 0.2) is 5.78 Å². The number of benzene rings is 1. The Morgan fingerprint density at radius 3 is 2.93 bits per heavy atom. The van der Waals surface area contributed by atoms with Gasteiger partial charge in [0.2, 0.25) is 0 Å². The van der Waals surface area contributed by atoms with E-state index in [9.17, 15) is 4.79 Å². The zero-order valence-electron chi connectivity index (χ0n) is 15.4. The number of Topliss-reactive ketones (excluding diaryl/α,β-unsaturated/α-hetero) is 1. The molecule has 1 saturated heterocycles. The van der Waals surface area contributed by atoms with E-state index < -0.39 is 0 Å².